The molecule has 0 spiro atoms. The van der Waals surface area contributed by atoms with Crippen molar-refractivity contribution in [2.75, 3.05) is 9.80 Å². The molecule has 2 aliphatic heterocycles. The predicted octanol–water partition coefficient (Wildman–Crippen LogP) is 10.2. The van der Waals surface area contributed by atoms with E-state index in [0.717, 1.165) is 0 Å². The fourth-order valence-electron chi connectivity index (χ4n) is 9.01. The Morgan fingerprint density at radius 3 is 1.72 bits per heavy atom. The predicted molar refractivity (Wildman–Crippen MR) is 214 cm³/mol. The first-order valence-corrected chi connectivity index (χ1v) is 17.7. The lowest BCUT2D eigenvalue weighted by Crippen LogP contribution is -2.61. The van der Waals surface area contributed by atoms with Gasteiger partial charge < -0.3 is 14.2 Å². The number of hydrogen-bond acceptors (Lipinski definition) is 2. The largest absolute Gasteiger partial charge is 0.311 e. The molecule has 0 bridgehead atoms. The van der Waals surface area contributed by atoms with E-state index in [9.17, 15) is 0 Å². The van der Waals surface area contributed by atoms with Gasteiger partial charge >= 0.3 is 0 Å². The van der Waals surface area contributed by atoms with E-state index in [1.165, 1.54) is 94.2 Å². The lowest BCUT2D eigenvalue weighted by Gasteiger charge is -2.45. The molecule has 0 aliphatic carbocycles. The minimum atomic E-state index is -0.0573. The number of hydrogen-bond donors (Lipinski definition) is 0. The van der Waals surface area contributed by atoms with Gasteiger partial charge in [0.15, 0.2) is 0 Å². The second-order valence-electron chi connectivity index (χ2n) is 15.0. The average Bonchev–Trinajstić information content (AvgIpc) is 3.66. The Balaban J connectivity index is 1.32. The fourth-order valence-corrected chi connectivity index (χ4v) is 9.01. The van der Waals surface area contributed by atoms with Crippen LogP contribution in [0.4, 0.5) is 34.1 Å². The third kappa shape index (κ3) is 3.60. The van der Waals surface area contributed by atoms with Gasteiger partial charge in [0.1, 0.15) is 0 Å². The molecule has 2 aliphatic rings. The molecular weight excluding hydrogens is 605 g/mol. The van der Waals surface area contributed by atoms with Crippen LogP contribution in [0.15, 0.2) is 152 Å². The van der Waals surface area contributed by atoms with Crippen LogP contribution in [-0.2, 0) is 5.41 Å². The molecule has 2 aromatic heterocycles. The summed E-state index contributed by atoms with van der Waals surface area (Å²) in [6.07, 6.45) is 0. The summed E-state index contributed by atoms with van der Waals surface area (Å²) in [7, 11) is 0. The molecular formula is C46H34BN3. The quantitative estimate of drug-likeness (QED) is 0.174. The van der Waals surface area contributed by atoms with Crippen molar-refractivity contribution in [2.24, 2.45) is 0 Å². The molecule has 0 amide bonds. The van der Waals surface area contributed by atoms with Crippen molar-refractivity contribution in [3.8, 4) is 0 Å². The highest BCUT2D eigenvalue weighted by Gasteiger charge is 2.44. The van der Waals surface area contributed by atoms with Gasteiger partial charge in [0.05, 0.1) is 16.6 Å². The second-order valence-corrected chi connectivity index (χ2v) is 15.0. The topological polar surface area (TPSA) is 10.9 Å². The lowest BCUT2D eigenvalue weighted by molar-refractivity contribution is 0.590. The number of fused-ring (bicyclic) bond motifs is 10. The van der Waals surface area contributed by atoms with Gasteiger partial charge in [-0.2, -0.15) is 0 Å². The van der Waals surface area contributed by atoms with Crippen molar-refractivity contribution in [2.45, 2.75) is 26.2 Å². The highest BCUT2D eigenvalue weighted by molar-refractivity contribution is 7.00. The standard InChI is InChI=1S/C46H34BN3/c1-46(2,3)29-25-42-44-43(26-29)49(31-17-8-5-9-18-31)41-28-40-35(34-21-14-20-33-32-19-10-12-23-38(32)50(40)45(33)34)27-37(41)47(44)36-22-11-13-24-39(36)48(42)30-15-6-4-7-16-30/h4-28H,1-3H3. The number of benzene rings is 7. The van der Waals surface area contributed by atoms with Crippen LogP contribution in [0.3, 0.4) is 0 Å². The molecule has 50 heavy (non-hydrogen) atoms. The number of aromatic nitrogens is 1. The maximum atomic E-state index is 2.54. The summed E-state index contributed by atoms with van der Waals surface area (Å²) in [5, 5.41) is 5.24. The van der Waals surface area contributed by atoms with Crippen molar-refractivity contribution in [1.29, 1.82) is 0 Å². The summed E-state index contributed by atoms with van der Waals surface area (Å²) >= 11 is 0. The van der Waals surface area contributed by atoms with Gasteiger partial charge in [0.2, 0.25) is 0 Å². The summed E-state index contributed by atoms with van der Waals surface area (Å²) < 4.78 is 2.51. The maximum Gasteiger partial charge on any atom is 0.252 e. The summed E-state index contributed by atoms with van der Waals surface area (Å²) in [5.74, 6) is 0. The number of nitrogens with zero attached hydrogens (tertiary/aromatic N) is 3. The Bertz CT molecular complexity index is 2810. The van der Waals surface area contributed by atoms with Crippen molar-refractivity contribution in [3.05, 3.63) is 157 Å². The van der Waals surface area contributed by atoms with Crippen LogP contribution >= 0.6 is 0 Å². The third-order valence-electron chi connectivity index (χ3n) is 11.2. The van der Waals surface area contributed by atoms with Crippen LogP contribution in [0.2, 0.25) is 0 Å². The van der Waals surface area contributed by atoms with Gasteiger partial charge in [0, 0.05) is 55.7 Å². The van der Waals surface area contributed by atoms with Crippen LogP contribution in [0, 0.1) is 0 Å². The highest BCUT2D eigenvalue weighted by Crippen LogP contribution is 2.47. The van der Waals surface area contributed by atoms with Gasteiger partial charge in [-0.05, 0) is 82.0 Å². The zero-order valence-electron chi connectivity index (χ0n) is 28.4. The molecule has 0 unspecified atom stereocenters. The average molecular weight is 640 g/mol. The molecule has 3 nitrogen and oxygen atoms in total. The van der Waals surface area contributed by atoms with E-state index < -0.39 is 0 Å². The number of anilines is 6. The van der Waals surface area contributed by atoms with Crippen LogP contribution < -0.4 is 26.2 Å². The Labute approximate surface area is 292 Å². The van der Waals surface area contributed by atoms with E-state index in [-0.39, 0.29) is 12.1 Å². The normalized spacial score (nSPS) is 13.8. The minimum Gasteiger partial charge on any atom is -0.311 e. The van der Waals surface area contributed by atoms with Gasteiger partial charge in [0.25, 0.3) is 6.71 Å². The summed E-state index contributed by atoms with van der Waals surface area (Å²) in [4.78, 5) is 5.04. The molecule has 0 saturated carbocycles. The van der Waals surface area contributed by atoms with E-state index in [1.54, 1.807) is 0 Å². The van der Waals surface area contributed by atoms with Crippen molar-refractivity contribution in [3.63, 3.8) is 0 Å². The minimum absolute atomic E-state index is 0.0573. The Morgan fingerprint density at radius 1 is 0.440 bits per heavy atom. The van der Waals surface area contributed by atoms with Gasteiger partial charge in [-0.15, -0.1) is 0 Å². The molecule has 0 fully saturated rings. The highest BCUT2D eigenvalue weighted by atomic mass is 15.2. The van der Waals surface area contributed by atoms with Crippen molar-refractivity contribution in [1.82, 2.24) is 4.40 Å². The molecule has 236 valence electrons. The molecule has 4 heteroatoms. The van der Waals surface area contributed by atoms with Crippen LogP contribution in [0.5, 0.6) is 0 Å². The Kier molecular flexibility index (Phi) is 5.47. The van der Waals surface area contributed by atoms with E-state index >= 15 is 0 Å². The summed E-state index contributed by atoms with van der Waals surface area (Å²) in [6.45, 7) is 7.07. The van der Waals surface area contributed by atoms with E-state index in [0.29, 0.717) is 0 Å². The molecule has 0 atom stereocenters. The lowest BCUT2D eigenvalue weighted by atomic mass is 9.33. The Hall–Kier alpha value is -6.00. The van der Waals surface area contributed by atoms with Gasteiger partial charge in [-0.25, -0.2) is 0 Å². The molecule has 7 aromatic carbocycles. The number of para-hydroxylation sites is 5. The smallest absolute Gasteiger partial charge is 0.252 e. The molecule has 0 N–H and O–H groups in total. The van der Waals surface area contributed by atoms with Crippen molar-refractivity contribution >= 4 is 95.3 Å². The van der Waals surface area contributed by atoms with Crippen molar-refractivity contribution < 1.29 is 0 Å². The zero-order chi connectivity index (χ0) is 33.3. The van der Waals surface area contributed by atoms with E-state index in [4.69, 9.17) is 0 Å². The van der Waals surface area contributed by atoms with Gasteiger partial charge in [-0.3, -0.25) is 0 Å². The third-order valence-corrected chi connectivity index (χ3v) is 11.2. The monoisotopic (exact) mass is 639 g/mol. The van der Waals surface area contributed by atoms with E-state index in [2.05, 4.69) is 187 Å². The molecule has 9 aromatic rings. The molecule has 4 heterocycles. The maximum absolute atomic E-state index is 2.54. The van der Waals surface area contributed by atoms with E-state index in [1.807, 2.05) is 0 Å². The fraction of sp³-hybridized carbons (Fsp3) is 0.0870. The Morgan fingerprint density at radius 2 is 1.02 bits per heavy atom. The first-order chi connectivity index (χ1) is 24.5. The second kappa shape index (κ2) is 9.80. The molecule has 0 radical (unpaired) electrons. The van der Waals surface area contributed by atoms with Crippen LogP contribution in [0.1, 0.15) is 26.3 Å². The first-order valence-electron chi connectivity index (χ1n) is 17.7. The molecule has 0 saturated heterocycles. The van der Waals surface area contributed by atoms with Crippen LogP contribution in [-0.4, -0.2) is 11.1 Å². The molecule has 11 rings (SSSR count). The zero-order valence-corrected chi connectivity index (χ0v) is 28.4. The van der Waals surface area contributed by atoms with Gasteiger partial charge in [-0.1, -0.05) is 118 Å². The summed E-state index contributed by atoms with van der Waals surface area (Å²) in [6, 6.07) is 56.6. The summed E-state index contributed by atoms with van der Waals surface area (Å²) in [5.41, 5.74) is 16.5. The van der Waals surface area contributed by atoms with Crippen LogP contribution in [0.25, 0.3) is 38.1 Å². The SMILES string of the molecule is CC(C)(C)c1cc2c3c(c1)N(c1ccccc1)c1cc4c(cc1B3c1ccccc1N2c1ccccc1)c1cccc2c3ccccc3n4c21. The number of rotatable bonds is 2. The first kappa shape index (κ1) is 27.9.